The van der Waals surface area contributed by atoms with Crippen LogP contribution in [0.1, 0.15) is 29.2 Å². The molecule has 0 aliphatic rings. The molecule has 3 N–H and O–H groups in total. The van der Waals surface area contributed by atoms with E-state index in [0.717, 1.165) is 17.7 Å². The molecule has 0 fully saturated rings. The number of carbonyl (C=O) groups excluding carboxylic acids is 1. The van der Waals surface area contributed by atoms with Crippen molar-refractivity contribution in [3.8, 4) is 0 Å². The van der Waals surface area contributed by atoms with Gasteiger partial charge in [0, 0.05) is 19.6 Å². The Hall–Kier alpha value is -2.37. The van der Waals surface area contributed by atoms with Crippen LogP contribution in [0.4, 0.5) is 4.79 Å². The van der Waals surface area contributed by atoms with Crippen LogP contribution < -0.4 is 10.6 Å². The molecule has 0 aliphatic heterocycles. The van der Waals surface area contributed by atoms with Crippen molar-refractivity contribution in [3.05, 3.63) is 71.3 Å². The van der Waals surface area contributed by atoms with Gasteiger partial charge in [0.1, 0.15) is 0 Å². The number of nitrogens with zero attached hydrogens (tertiary/aromatic N) is 1. The first-order chi connectivity index (χ1) is 12.0. The van der Waals surface area contributed by atoms with Gasteiger partial charge in [-0.1, -0.05) is 54.6 Å². The van der Waals surface area contributed by atoms with E-state index in [2.05, 4.69) is 27.7 Å². The summed E-state index contributed by atoms with van der Waals surface area (Å²) in [5.41, 5.74) is 3.16. The molecule has 0 aromatic heterocycles. The molecule has 0 saturated carbocycles. The fourth-order valence-electron chi connectivity index (χ4n) is 2.54. The Bertz CT molecular complexity index is 642. The molecule has 2 amide bonds. The molecule has 0 radical (unpaired) electrons. The summed E-state index contributed by atoms with van der Waals surface area (Å²) in [7, 11) is 4.07. The zero-order chi connectivity index (χ0) is 18.1. The van der Waals surface area contributed by atoms with Crippen LogP contribution in [0.5, 0.6) is 0 Å². The number of rotatable bonds is 8. The lowest BCUT2D eigenvalue weighted by Gasteiger charge is -2.13. The molecular formula is C20H27N3O2. The fraction of sp³-hybridized carbons (Fsp3) is 0.350. The number of benzene rings is 2. The van der Waals surface area contributed by atoms with Gasteiger partial charge < -0.3 is 20.6 Å². The van der Waals surface area contributed by atoms with E-state index in [1.54, 1.807) is 0 Å². The minimum Gasteiger partial charge on any atom is -0.388 e. The molecule has 0 spiro atoms. The second kappa shape index (κ2) is 9.81. The van der Waals surface area contributed by atoms with Crippen LogP contribution in [-0.2, 0) is 13.1 Å². The Balaban J connectivity index is 1.67. The van der Waals surface area contributed by atoms with Gasteiger partial charge >= 0.3 is 6.03 Å². The quantitative estimate of drug-likeness (QED) is 0.692. The topological polar surface area (TPSA) is 64.6 Å². The maximum atomic E-state index is 11.8. The normalized spacial score (nSPS) is 12.0. The van der Waals surface area contributed by atoms with Crippen molar-refractivity contribution in [2.45, 2.75) is 25.6 Å². The zero-order valence-electron chi connectivity index (χ0n) is 14.9. The molecule has 1 unspecified atom stereocenters. The number of carbonyl (C=O) groups is 1. The van der Waals surface area contributed by atoms with Crippen LogP contribution in [0.25, 0.3) is 0 Å². The van der Waals surface area contributed by atoms with Crippen molar-refractivity contribution in [1.29, 1.82) is 0 Å². The molecule has 25 heavy (non-hydrogen) atoms. The predicted molar refractivity (Wildman–Crippen MR) is 100 cm³/mol. The molecular weight excluding hydrogens is 314 g/mol. The van der Waals surface area contributed by atoms with Gasteiger partial charge in [-0.05, 0) is 37.2 Å². The highest BCUT2D eigenvalue weighted by molar-refractivity contribution is 5.73. The summed E-state index contributed by atoms with van der Waals surface area (Å²) in [6.07, 6.45) is -0.0813. The summed E-state index contributed by atoms with van der Waals surface area (Å²) in [5, 5.41) is 15.7. The average molecular weight is 341 g/mol. The third-order valence-electron chi connectivity index (χ3n) is 3.86. The Morgan fingerprint density at radius 3 is 2.28 bits per heavy atom. The molecule has 5 nitrogen and oxygen atoms in total. The van der Waals surface area contributed by atoms with Crippen molar-refractivity contribution in [2.75, 3.05) is 20.6 Å². The van der Waals surface area contributed by atoms with Crippen molar-refractivity contribution in [2.24, 2.45) is 0 Å². The number of aliphatic hydroxyl groups is 1. The summed E-state index contributed by atoms with van der Waals surface area (Å²) in [6, 6.07) is 17.4. The standard InChI is InChI=1S/C20H27N3O2/c1-23(2)15-17-10-8-16(9-11-17)14-22-20(25)21-13-12-19(24)18-6-4-3-5-7-18/h3-11,19,24H,12-15H2,1-2H3,(H2,21,22,25). The fourth-order valence-corrected chi connectivity index (χ4v) is 2.54. The Morgan fingerprint density at radius 2 is 1.64 bits per heavy atom. The predicted octanol–water partition coefficient (Wildman–Crippen LogP) is 2.67. The van der Waals surface area contributed by atoms with Gasteiger partial charge in [-0.25, -0.2) is 4.79 Å². The molecule has 2 aromatic rings. The highest BCUT2D eigenvalue weighted by Gasteiger charge is 2.07. The molecule has 0 bridgehead atoms. The van der Waals surface area contributed by atoms with Gasteiger partial charge in [-0.3, -0.25) is 0 Å². The van der Waals surface area contributed by atoms with E-state index in [1.165, 1.54) is 5.56 Å². The van der Waals surface area contributed by atoms with E-state index in [4.69, 9.17) is 0 Å². The first-order valence-electron chi connectivity index (χ1n) is 8.52. The average Bonchev–Trinajstić information content (AvgIpc) is 2.61. The number of nitrogens with one attached hydrogen (secondary N) is 2. The van der Waals surface area contributed by atoms with E-state index in [9.17, 15) is 9.90 Å². The molecule has 0 saturated heterocycles. The van der Waals surface area contributed by atoms with Crippen molar-refractivity contribution in [3.63, 3.8) is 0 Å². The Morgan fingerprint density at radius 1 is 1.00 bits per heavy atom. The lowest BCUT2D eigenvalue weighted by atomic mass is 10.1. The van der Waals surface area contributed by atoms with E-state index in [0.29, 0.717) is 19.5 Å². The maximum absolute atomic E-state index is 11.8. The number of aliphatic hydroxyl groups excluding tert-OH is 1. The van der Waals surface area contributed by atoms with Crippen LogP contribution in [0, 0.1) is 0 Å². The minimum absolute atomic E-state index is 0.224. The number of hydrogen-bond acceptors (Lipinski definition) is 3. The van der Waals surface area contributed by atoms with E-state index in [1.807, 2.05) is 56.6 Å². The molecule has 2 aromatic carbocycles. The monoisotopic (exact) mass is 341 g/mol. The van der Waals surface area contributed by atoms with Crippen molar-refractivity contribution < 1.29 is 9.90 Å². The van der Waals surface area contributed by atoms with Crippen LogP contribution >= 0.6 is 0 Å². The number of hydrogen-bond donors (Lipinski definition) is 3. The largest absolute Gasteiger partial charge is 0.388 e. The summed E-state index contributed by atoms with van der Waals surface area (Å²) >= 11 is 0. The van der Waals surface area contributed by atoms with Crippen LogP contribution in [0.15, 0.2) is 54.6 Å². The minimum atomic E-state index is -0.564. The lowest BCUT2D eigenvalue weighted by molar-refractivity contribution is 0.167. The highest BCUT2D eigenvalue weighted by atomic mass is 16.3. The van der Waals surface area contributed by atoms with E-state index < -0.39 is 6.10 Å². The summed E-state index contributed by atoms with van der Waals surface area (Å²) in [6.45, 7) is 1.80. The van der Waals surface area contributed by atoms with Crippen molar-refractivity contribution >= 4 is 6.03 Å². The molecule has 0 aliphatic carbocycles. The van der Waals surface area contributed by atoms with Gasteiger partial charge in [-0.15, -0.1) is 0 Å². The second-order valence-corrected chi connectivity index (χ2v) is 6.38. The van der Waals surface area contributed by atoms with Gasteiger partial charge in [0.2, 0.25) is 0 Å². The molecule has 2 rings (SSSR count). The number of amides is 2. The Kier molecular flexibility index (Phi) is 7.44. The van der Waals surface area contributed by atoms with Gasteiger partial charge in [0.25, 0.3) is 0 Å². The first kappa shape index (κ1) is 19.0. The van der Waals surface area contributed by atoms with Crippen LogP contribution in [-0.4, -0.2) is 36.7 Å². The number of urea groups is 1. The maximum Gasteiger partial charge on any atom is 0.315 e. The molecule has 5 heteroatoms. The van der Waals surface area contributed by atoms with Crippen LogP contribution in [0.2, 0.25) is 0 Å². The molecule has 0 heterocycles. The van der Waals surface area contributed by atoms with Gasteiger partial charge in [0.15, 0.2) is 0 Å². The van der Waals surface area contributed by atoms with Crippen molar-refractivity contribution in [1.82, 2.24) is 15.5 Å². The SMILES string of the molecule is CN(C)Cc1ccc(CNC(=O)NCCC(O)c2ccccc2)cc1. The van der Waals surface area contributed by atoms with E-state index >= 15 is 0 Å². The van der Waals surface area contributed by atoms with Crippen LogP contribution in [0.3, 0.4) is 0 Å². The summed E-state index contributed by atoms with van der Waals surface area (Å²) in [5.74, 6) is 0. The third-order valence-corrected chi connectivity index (χ3v) is 3.86. The second-order valence-electron chi connectivity index (χ2n) is 6.38. The van der Waals surface area contributed by atoms with Gasteiger partial charge in [0.05, 0.1) is 6.10 Å². The van der Waals surface area contributed by atoms with E-state index in [-0.39, 0.29) is 6.03 Å². The zero-order valence-corrected chi connectivity index (χ0v) is 14.9. The smallest absolute Gasteiger partial charge is 0.315 e. The Labute approximate surface area is 149 Å². The first-order valence-corrected chi connectivity index (χ1v) is 8.52. The lowest BCUT2D eigenvalue weighted by Crippen LogP contribution is -2.36. The molecule has 134 valence electrons. The summed E-state index contributed by atoms with van der Waals surface area (Å²) in [4.78, 5) is 14.0. The molecule has 1 atom stereocenters. The highest BCUT2D eigenvalue weighted by Crippen LogP contribution is 2.14. The summed E-state index contributed by atoms with van der Waals surface area (Å²) < 4.78 is 0. The third kappa shape index (κ3) is 6.95. The van der Waals surface area contributed by atoms with Gasteiger partial charge in [-0.2, -0.15) is 0 Å².